The molecule has 1 heterocycles. The summed E-state index contributed by atoms with van der Waals surface area (Å²) in [6.45, 7) is 1.70. The molecular formula is C12H21NO5S2. The summed E-state index contributed by atoms with van der Waals surface area (Å²) in [6.07, 6.45) is -1.93. The van der Waals surface area contributed by atoms with Gasteiger partial charge in [0.15, 0.2) is 6.23 Å². The van der Waals surface area contributed by atoms with Gasteiger partial charge in [-0.15, -0.1) is 0 Å². The molecule has 0 radical (unpaired) electrons. The van der Waals surface area contributed by atoms with E-state index in [9.17, 15) is 15.0 Å². The number of thioether (sulfide) groups is 1. The molecule has 0 amide bonds. The summed E-state index contributed by atoms with van der Waals surface area (Å²) in [5, 5.41) is 19.5. The van der Waals surface area contributed by atoms with Crippen molar-refractivity contribution in [1.82, 2.24) is 4.90 Å². The first-order valence-corrected chi connectivity index (χ1v) is 7.75. The fourth-order valence-corrected chi connectivity index (χ4v) is 2.96. The average Bonchev–Trinajstić information content (AvgIpc) is 2.69. The Hall–Kier alpha value is -0.410. The normalized spacial score (nSPS) is 29.2. The van der Waals surface area contributed by atoms with Crippen LogP contribution in [0.1, 0.15) is 19.8 Å². The van der Waals surface area contributed by atoms with Crippen molar-refractivity contribution in [2.75, 3.05) is 19.9 Å². The van der Waals surface area contributed by atoms with Crippen LogP contribution in [-0.2, 0) is 14.3 Å². The van der Waals surface area contributed by atoms with E-state index in [1.807, 2.05) is 0 Å². The lowest BCUT2D eigenvalue weighted by Crippen LogP contribution is -2.43. The van der Waals surface area contributed by atoms with Crippen molar-refractivity contribution in [3.05, 3.63) is 0 Å². The lowest BCUT2D eigenvalue weighted by Gasteiger charge is -2.28. The number of methoxy groups -OCH3 is 1. The predicted octanol–water partition coefficient (Wildman–Crippen LogP) is 0.356. The molecule has 1 fully saturated rings. The molecule has 1 saturated heterocycles. The van der Waals surface area contributed by atoms with Crippen molar-refractivity contribution in [3.8, 4) is 0 Å². The van der Waals surface area contributed by atoms with Crippen molar-refractivity contribution in [2.24, 2.45) is 0 Å². The molecule has 1 unspecified atom stereocenters. The number of esters is 1. The van der Waals surface area contributed by atoms with Crippen LogP contribution in [0.2, 0.25) is 0 Å². The molecule has 116 valence electrons. The number of likely N-dealkylation sites (N-methyl/N-ethyl adjacent to an activating group) is 1. The smallest absolute Gasteiger partial charge is 0.305 e. The number of carbonyl (C=O) groups is 1. The molecule has 0 saturated carbocycles. The molecular weight excluding hydrogens is 302 g/mol. The largest absolute Gasteiger partial charge is 0.469 e. The monoisotopic (exact) mass is 323 g/mol. The Morgan fingerprint density at radius 3 is 2.60 bits per heavy atom. The quantitative estimate of drug-likeness (QED) is 0.426. The molecule has 0 aromatic rings. The number of thiocarbonyl (C=S) groups is 1. The Bertz CT molecular complexity index is 355. The molecule has 0 aromatic carbocycles. The van der Waals surface area contributed by atoms with E-state index in [1.54, 1.807) is 18.9 Å². The lowest BCUT2D eigenvalue weighted by molar-refractivity contribution is -0.140. The van der Waals surface area contributed by atoms with E-state index in [1.165, 1.54) is 18.9 Å². The summed E-state index contributed by atoms with van der Waals surface area (Å²) in [6, 6.07) is 0. The van der Waals surface area contributed by atoms with Gasteiger partial charge in [0, 0.05) is 19.2 Å². The van der Waals surface area contributed by atoms with Crippen molar-refractivity contribution < 1.29 is 24.5 Å². The average molecular weight is 323 g/mol. The molecule has 8 heteroatoms. The van der Waals surface area contributed by atoms with E-state index in [0.717, 1.165) is 0 Å². The highest BCUT2D eigenvalue weighted by Gasteiger charge is 2.42. The Morgan fingerprint density at radius 1 is 1.45 bits per heavy atom. The van der Waals surface area contributed by atoms with Crippen molar-refractivity contribution >= 4 is 34.3 Å². The molecule has 4 atom stereocenters. The van der Waals surface area contributed by atoms with Crippen LogP contribution in [0, 0.1) is 0 Å². The zero-order chi connectivity index (χ0) is 15.3. The summed E-state index contributed by atoms with van der Waals surface area (Å²) in [7, 11) is 3.08. The number of aliphatic hydroxyl groups is 2. The molecule has 1 rings (SSSR count). The summed E-state index contributed by atoms with van der Waals surface area (Å²) >= 11 is 6.66. The van der Waals surface area contributed by atoms with Gasteiger partial charge in [-0.1, -0.05) is 24.0 Å². The molecule has 1 aliphatic heterocycles. The van der Waals surface area contributed by atoms with Gasteiger partial charge < -0.3 is 24.6 Å². The molecule has 20 heavy (non-hydrogen) atoms. The van der Waals surface area contributed by atoms with Crippen LogP contribution in [0.3, 0.4) is 0 Å². The standard InChI is InChI=1S/C12H21NO5S2/c1-7-9(15)10(16)11(18-7)13(2)12(19)20-6-4-5-8(14)17-3/h7,9-11,15-16H,4-6H2,1-3H3/t7?,9-,10+,11-/m0/s1. The predicted molar refractivity (Wildman–Crippen MR) is 80.4 cm³/mol. The van der Waals surface area contributed by atoms with Gasteiger partial charge in [0.05, 0.1) is 13.2 Å². The zero-order valence-electron chi connectivity index (χ0n) is 11.8. The number of nitrogens with zero attached hydrogens (tertiary/aromatic N) is 1. The van der Waals surface area contributed by atoms with Gasteiger partial charge in [-0.05, 0) is 13.3 Å². The zero-order valence-corrected chi connectivity index (χ0v) is 13.4. The minimum Gasteiger partial charge on any atom is -0.469 e. The molecule has 0 bridgehead atoms. The van der Waals surface area contributed by atoms with Gasteiger partial charge >= 0.3 is 5.97 Å². The topological polar surface area (TPSA) is 79.2 Å². The third-order valence-electron chi connectivity index (χ3n) is 3.13. The highest BCUT2D eigenvalue weighted by molar-refractivity contribution is 8.22. The maximum atomic E-state index is 11.0. The molecule has 6 nitrogen and oxygen atoms in total. The highest BCUT2D eigenvalue weighted by Crippen LogP contribution is 2.25. The van der Waals surface area contributed by atoms with Crippen LogP contribution in [0.15, 0.2) is 0 Å². The second kappa shape index (κ2) is 8.14. The van der Waals surface area contributed by atoms with Crippen LogP contribution >= 0.6 is 24.0 Å². The third kappa shape index (κ3) is 4.56. The maximum absolute atomic E-state index is 11.0. The summed E-state index contributed by atoms with van der Waals surface area (Å²) < 4.78 is 10.6. The van der Waals surface area contributed by atoms with E-state index in [0.29, 0.717) is 22.9 Å². The minimum atomic E-state index is -0.983. The van der Waals surface area contributed by atoms with E-state index in [2.05, 4.69) is 4.74 Å². The van der Waals surface area contributed by atoms with E-state index >= 15 is 0 Å². The van der Waals surface area contributed by atoms with Crippen LogP contribution in [0.4, 0.5) is 0 Å². The van der Waals surface area contributed by atoms with Crippen molar-refractivity contribution in [3.63, 3.8) is 0 Å². The number of hydrogen-bond acceptors (Lipinski definition) is 7. The number of rotatable bonds is 5. The van der Waals surface area contributed by atoms with Gasteiger partial charge in [0.25, 0.3) is 0 Å². The van der Waals surface area contributed by atoms with Crippen molar-refractivity contribution in [2.45, 2.75) is 44.3 Å². The Labute approximate surface area is 128 Å². The van der Waals surface area contributed by atoms with Gasteiger partial charge in [-0.25, -0.2) is 0 Å². The van der Waals surface area contributed by atoms with E-state index < -0.39 is 24.5 Å². The Balaban J connectivity index is 2.34. The van der Waals surface area contributed by atoms with Crippen LogP contribution < -0.4 is 0 Å². The molecule has 1 aliphatic rings. The first-order chi connectivity index (χ1) is 9.38. The second-order valence-corrected chi connectivity index (χ2v) is 6.35. The second-order valence-electron chi connectivity index (χ2n) is 4.62. The number of carbonyl (C=O) groups excluding carboxylic acids is 1. The molecule has 0 aromatic heterocycles. The fraction of sp³-hybridized carbons (Fsp3) is 0.833. The van der Waals surface area contributed by atoms with Gasteiger partial charge in [-0.2, -0.15) is 0 Å². The van der Waals surface area contributed by atoms with Crippen molar-refractivity contribution in [1.29, 1.82) is 0 Å². The number of ether oxygens (including phenoxy) is 2. The summed E-state index contributed by atoms with van der Waals surface area (Å²) in [5.74, 6) is 0.440. The van der Waals surface area contributed by atoms with Gasteiger partial charge in [0.2, 0.25) is 0 Å². The molecule has 0 aliphatic carbocycles. The maximum Gasteiger partial charge on any atom is 0.305 e. The first kappa shape index (κ1) is 17.6. The van der Waals surface area contributed by atoms with Gasteiger partial charge in [-0.3, -0.25) is 4.79 Å². The number of hydrogen-bond donors (Lipinski definition) is 2. The minimum absolute atomic E-state index is 0.239. The summed E-state index contributed by atoms with van der Waals surface area (Å²) in [5.41, 5.74) is 0. The van der Waals surface area contributed by atoms with Crippen LogP contribution in [0.5, 0.6) is 0 Å². The SMILES string of the molecule is COC(=O)CCCSC(=S)N(C)[C@H]1OC(C)[C@H](O)[C@H]1O. The number of aliphatic hydroxyl groups excluding tert-OH is 2. The molecule has 0 spiro atoms. The van der Waals surface area contributed by atoms with Crippen LogP contribution in [0.25, 0.3) is 0 Å². The van der Waals surface area contributed by atoms with E-state index in [4.69, 9.17) is 17.0 Å². The molecule has 2 N–H and O–H groups in total. The highest BCUT2D eigenvalue weighted by atomic mass is 32.2. The summed E-state index contributed by atoms with van der Waals surface area (Å²) in [4.78, 5) is 12.6. The Kier molecular flexibility index (Phi) is 7.18. The van der Waals surface area contributed by atoms with Crippen LogP contribution in [-0.4, -0.2) is 69.9 Å². The van der Waals surface area contributed by atoms with Gasteiger partial charge in [0.1, 0.15) is 16.5 Å². The lowest BCUT2D eigenvalue weighted by atomic mass is 10.1. The first-order valence-electron chi connectivity index (χ1n) is 6.36. The fourth-order valence-electron chi connectivity index (χ4n) is 1.83. The Morgan fingerprint density at radius 2 is 2.10 bits per heavy atom. The third-order valence-corrected chi connectivity index (χ3v) is 4.79. The van der Waals surface area contributed by atoms with E-state index in [-0.39, 0.29) is 5.97 Å².